The standard InChI is InChI=1S/C20H18F3N7O2/c1-11-7-14(25-10-15(11)13-3-4-24-16(8-13)20(21,22)23)9-26-17-27-12(2)28-18(29-17)30-5-6-32-19(30)31/h3-4,7-8,10H,5-6,9H2,1-2H3,(H,26,27,28,29). The molecule has 1 amide bonds. The smallest absolute Gasteiger partial charge is 0.433 e. The summed E-state index contributed by atoms with van der Waals surface area (Å²) in [5.74, 6) is 0.884. The van der Waals surface area contributed by atoms with Crippen molar-refractivity contribution in [2.45, 2.75) is 26.6 Å². The highest BCUT2D eigenvalue weighted by Gasteiger charge is 2.32. The minimum atomic E-state index is -4.52. The maximum atomic E-state index is 13.0. The molecule has 0 aromatic carbocycles. The maximum Gasteiger partial charge on any atom is 0.433 e. The third-order valence-electron chi connectivity index (χ3n) is 4.69. The SMILES string of the molecule is Cc1nc(NCc2cc(C)c(-c3ccnc(C(F)(F)F)c3)cn2)nc(N2CCOC2=O)n1. The predicted molar refractivity (Wildman–Crippen MR) is 108 cm³/mol. The molecule has 1 aliphatic heterocycles. The number of nitrogens with one attached hydrogen (secondary N) is 1. The van der Waals surface area contributed by atoms with Crippen LogP contribution in [0.25, 0.3) is 11.1 Å². The first-order valence-electron chi connectivity index (χ1n) is 9.61. The van der Waals surface area contributed by atoms with Crippen LogP contribution in [0.2, 0.25) is 0 Å². The van der Waals surface area contributed by atoms with Gasteiger partial charge in [-0.3, -0.25) is 9.97 Å². The normalized spacial score (nSPS) is 13.9. The summed E-state index contributed by atoms with van der Waals surface area (Å²) >= 11 is 0. The number of rotatable bonds is 5. The highest BCUT2D eigenvalue weighted by molar-refractivity contribution is 5.87. The van der Waals surface area contributed by atoms with Crippen LogP contribution in [0.1, 0.15) is 22.8 Å². The Morgan fingerprint density at radius 1 is 1.16 bits per heavy atom. The minimum absolute atomic E-state index is 0.195. The summed E-state index contributed by atoms with van der Waals surface area (Å²) in [7, 11) is 0. The van der Waals surface area contributed by atoms with Gasteiger partial charge in [-0.15, -0.1) is 0 Å². The molecule has 3 aromatic rings. The number of aryl methyl sites for hydroxylation is 2. The van der Waals surface area contributed by atoms with Gasteiger partial charge in [0.2, 0.25) is 11.9 Å². The Morgan fingerprint density at radius 2 is 1.97 bits per heavy atom. The third kappa shape index (κ3) is 4.58. The summed E-state index contributed by atoms with van der Waals surface area (Å²) in [5, 5.41) is 3.03. The highest BCUT2D eigenvalue weighted by atomic mass is 19.4. The number of alkyl halides is 3. The summed E-state index contributed by atoms with van der Waals surface area (Å²) in [6.45, 7) is 4.36. The second-order valence-corrected chi connectivity index (χ2v) is 7.04. The summed E-state index contributed by atoms with van der Waals surface area (Å²) in [5.41, 5.74) is 1.39. The Hall–Kier alpha value is -3.83. The fraction of sp³-hybridized carbons (Fsp3) is 0.300. The molecule has 0 atom stereocenters. The van der Waals surface area contributed by atoms with Gasteiger partial charge in [0.25, 0.3) is 0 Å². The zero-order chi connectivity index (χ0) is 22.9. The fourth-order valence-electron chi connectivity index (χ4n) is 3.18. The quantitative estimate of drug-likeness (QED) is 0.636. The van der Waals surface area contributed by atoms with Gasteiger partial charge in [-0.25, -0.2) is 9.69 Å². The van der Waals surface area contributed by atoms with Gasteiger partial charge in [0.05, 0.1) is 18.8 Å². The summed E-state index contributed by atoms with van der Waals surface area (Å²) < 4.78 is 43.8. The van der Waals surface area contributed by atoms with E-state index >= 15 is 0 Å². The molecular formula is C20H18F3N7O2. The van der Waals surface area contributed by atoms with Crippen LogP contribution in [-0.4, -0.2) is 44.2 Å². The van der Waals surface area contributed by atoms with Gasteiger partial charge in [-0.1, -0.05) is 0 Å². The van der Waals surface area contributed by atoms with E-state index in [9.17, 15) is 18.0 Å². The molecule has 1 N–H and O–H groups in total. The monoisotopic (exact) mass is 445 g/mol. The molecule has 0 unspecified atom stereocenters. The number of pyridine rings is 2. The van der Waals surface area contributed by atoms with E-state index in [0.29, 0.717) is 29.2 Å². The van der Waals surface area contributed by atoms with Crippen LogP contribution >= 0.6 is 0 Å². The molecule has 166 valence electrons. The van der Waals surface area contributed by atoms with Crippen LogP contribution in [-0.2, 0) is 17.5 Å². The molecular weight excluding hydrogens is 427 g/mol. The van der Waals surface area contributed by atoms with Crippen molar-refractivity contribution in [2.75, 3.05) is 23.4 Å². The van der Waals surface area contributed by atoms with Crippen molar-refractivity contribution < 1.29 is 22.7 Å². The van der Waals surface area contributed by atoms with E-state index in [4.69, 9.17) is 4.74 Å². The number of nitrogens with zero attached hydrogens (tertiary/aromatic N) is 6. The summed E-state index contributed by atoms with van der Waals surface area (Å²) in [6.07, 6.45) is -2.39. The van der Waals surface area contributed by atoms with Crippen LogP contribution in [0.5, 0.6) is 0 Å². The first-order valence-corrected chi connectivity index (χ1v) is 9.61. The van der Waals surface area contributed by atoms with Crippen molar-refractivity contribution in [3.05, 3.63) is 53.4 Å². The average molecular weight is 445 g/mol. The molecule has 9 nitrogen and oxygen atoms in total. The molecule has 0 spiro atoms. The minimum Gasteiger partial charge on any atom is -0.447 e. The Bertz CT molecular complexity index is 1170. The van der Waals surface area contributed by atoms with E-state index in [1.54, 1.807) is 19.9 Å². The molecule has 1 aliphatic rings. The zero-order valence-corrected chi connectivity index (χ0v) is 17.1. The van der Waals surface area contributed by atoms with Crippen LogP contribution in [0.15, 0.2) is 30.6 Å². The Balaban J connectivity index is 1.50. The molecule has 0 radical (unpaired) electrons. The lowest BCUT2D eigenvalue weighted by molar-refractivity contribution is -0.141. The van der Waals surface area contributed by atoms with Crippen LogP contribution in [0.3, 0.4) is 0 Å². The number of hydrogen-bond donors (Lipinski definition) is 1. The predicted octanol–water partition coefficient (Wildman–Crippen LogP) is 3.53. The molecule has 12 heteroatoms. The van der Waals surface area contributed by atoms with Crippen LogP contribution in [0.4, 0.5) is 29.9 Å². The van der Waals surface area contributed by atoms with Gasteiger partial charge in [-0.2, -0.15) is 28.1 Å². The Kier molecular flexibility index (Phi) is 5.59. The van der Waals surface area contributed by atoms with Crippen molar-refractivity contribution in [3.63, 3.8) is 0 Å². The number of carbonyl (C=O) groups is 1. The van der Waals surface area contributed by atoms with E-state index in [0.717, 1.165) is 17.8 Å². The number of cyclic esters (lactones) is 1. The van der Waals surface area contributed by atoms with Crippen LogP contribution < -0.4 is 10.2 Å². The average Bonchev–Trinajstić information content (AvgIpc) is 3.17. The van der Waals surface area contributed by atoms with Gasteiger partial charge in [0.15, 0.2) is 0 Å². The van der Waals surface area contributed by atoms with Gasteiger partial charge in [0.1, 0.15) is 18.1 Å². The van der Waals surface area contributed by atoms with Crippen molar-refractivity contribution in [1.82, 2.24) is 24.9 Å². The van der Waals surface area contributed by atoms with Crippen molar-refractivity contribution in [1.29, 1.82) is 0 Å². The van der Waals surface area contributed by atoms with Crippen molar-refractivity contribution in [2.24, 2.45) is 0 Å². The van der Waals surface area contributed by atoms with Crippen molar-refractivity contribution >= 4 is 18.0 Å². The molecule has 0 saturated carbocycles. The number of amides is 1. The van der Waals surface area contributed by atoms with E-state index in [1.165, 1.54) is 17.2 Å². The van der Waals surface area contributed by atoms with Gasteiger partial charge >= 0.3 is 12.3 Å². The molecule has 0 aliphatic carbocycles. The molecule has 4 rings (SSSR count). The first kappa shape index (κ1) is 21.4. The second kappa shape index (κ2) is 8.36. The fourth-order valence-corrected chi connectivity index (χ4v) is 3.18. The number of hydrogen-bond acceptors (Lipinski definition) is 8. The van der Waals surface area contributed by atoms with Gasteiger partial charge in [-0.05, 0) is 43.2 Å². The number of halogens is 3. The van der Waals surface area contributed by atoms with E-state index in [-0.39, 0.29) is 25.0 Å². The third-order valence-corrected chi connectivity index (χ3v) is 4.69. The van der Waals surface area contributed by atoms with Crippen molar-refractivity contribution in [3.8, 4) is 11.1 Å². The lowest BCUT2D eigenvalue weighted by Crippen LogP contribution is -2.26. The molecule has 0 bridgehead atoms. The Morgan fingerprint density at radius 3 is 2.66 bits per heavy atom. The van der Waals surface area contributed by atoms with E-state index < -0.39 is 18.0 Å². The molecule has 1 fully saturated rings. The number of ether oxygens (including phenoxy) is 1. The number of anilines is 2. The Labute approximate surface area is 180 Å². The number of aromatic nitrogens is 5. The molecule has 4 heterocycles. The molecule has 1 saturated heterocycles. The zero-order valence-electron chi connectivity index (χ0n) is 17.1. The van der Waals surface area contributed by atoms with Gasteiger partial charge in [0, 0.05) is 18.0 Å². The van der Waals surface area contributed by atoms with Gasteiger partial charge < -0.3 is 10.1 Å². The summed E-state index contributed by atoms with van der Waals surface area (Å²) in [6, 6.07) is 4.28. The summed E-state index contributed by atoms with van der Waals surface area (Å²) in [4.78, 5) is 33.4. The van der Waals surface area contributed by atoms with E-state index in [2.05, 4.69) is 30.2 Å². The first-order chi connectivity index (χ1) is 15.2. The number of carbonyl (C=O) groups excluding carboxylic acids is 1. The maximum absolute atomic E-state index is 13.0. The highest BCUT2D eigenvalue weighted by Crippen LogP contribution is 2.31. The largest absolute Gasteiger partial charge is 0.447 e. The topological polar surface area (TPSA) is 106 Å². The molecule has 3 aromatic heterocycles. The lowest BCUT2D eigenvalue weighted by Gasteiger charge is -2.13. The van der Waals surface area contributed by atoms with E-state index in [1.807, 2.05) is 0 Å². The lowest BCUT2D eigenvalue weighted by atomic mass is 10.0. The second-order valence-electron chi connectivity index (χ2n) is 7.04. The molecule has 32 heavy (non-hydrogen) atoms. The van der Waals surface area contributed by atoms with Crippen LogP contribution in [0, 0.1) is 13.8 Å².